The molecule has 0 aliphatic carbocycles. The van der Waals surface area contributed by atoms with Crippen LogP contribution in [0.15, 0.2) is 30.3 Å². The number of rotatable bonds is 10. The topological polar surface area (TPSA) is 49.3 Å². The van der Waals surface area contributed by atoms with Gasteiger partial charge in [-0.1, -0.05) is 70.4 Å². The summed E-state index contributed by atoms with van der Waals surface area (Å²) in [5.74, 6) is -0.384. The van der Waals surface area contributed by atoms with Gasteiger partial charge < -0.3 is 5.11 Å². The van der Waals surface area contributed by atoms with Crippen LogP contribution in [0, 0.1) is 5.92 Å². The van der Waals surface area contributed by atoms with Crippen molar-refractivity contribution in [2.45, 2.75) is 65.0 Å². The first-order chi connectivity index (χ1) is 10.0. The Morgan fingerprint density at radius 3 is 2.38 bits per heavy atom. The summed E-state index contributed by atoms with van der Waals surface area (Å²) in [7, 11) is 0. The van der Waals surface area contributed by atoms with Crippen molar-refractivity contribution < 1.29 is 9.90 Å². The number of carbonyl (C=O) groups is 1. The zero-order chi connectivity index (χ0) is 15.7. The number of carboxylic acid groups (broad SMARTS) is 1. The summed E-state index contributed by atoms with van der Waals surface area (Å²) in [4.78, 5) is 11.5. The Labute approximate surface area is 128 Å². The van der Waals surface area contributed by atoms with Crippen LogP contribution in [-0.2, 0) is 4.79 Å². The zero-order valence-electron chi connectivity index (χ0n) is 13.5. The first-order valence-corrected chi connectivity index (χ1v) is 8.08. The summed E-state index contributed by atoms with van der Waals surface area (Å²) in [6.07, 6.45) is 5.13. The minimum Gasteiger partial charge on any atom is -0.480 e. The van der Waals surface area contributed by atoms with Gasteiger partial charge in [-0.15, -0.1) is 0 Å². The van der Waals surface area contributed by atoms with E-state index in [9.17, 15) is 9.90 Å². The third kappa shape index (κ3) is 6.76. The maximum Gasteiger partial charge on any atom is 0.320 e. The quantitative estimate of drug-likeness (QED) is 0.628. The van der Waals surface area contributed by atoms with Crippen LogP contribution in [0.2, 0.25) is 0 Å². The van der Waals surface area contributed by atoms with E-state index in [4.69, 9.17) is 0 Å². The Bertz CT molecular complexity index is 403. The van der Waals surface area contributed by atoms with Crippen molar-refractivity contribution >= 4 is 5.97 Å². The molecular weight excluding hydrogens is 262 g/mol. The summed E-state index contributed by atoms with van der Waals surface area (Å²) in [6.45, 7) is 6.31. The molecule has 2 unspecified atom stereocenters. The standard InChI is InChI=1S/C18H29NO2/c1-4-5-7-12-16(15-10-8-6-9-11-15)19-17(18(20)21)13-14(2)3/h6,8-11,14,16-17,19H,4-5,7,12-13H2,1-3H3,(H,20,21). The number of hydrogen-bond donors (Lipinski definition) is 2. The molecule has 0 amide bonds. The third-order valence-electron chi connectivity index (χ3n) is 3.71. The molecule has 0 radical (unpaired) electrons. The summed E-state index contributed by atoms with van der Waals surface area (Å²) in [6, 6.07) is 9.84. The molecule has 0 aliphatic rings. The smallest absolute Gasteiger partial charge is 0.320 e. The van der Waals surface area contributed by atoms with Gasteiger partial charge in [-0.05, 0) is 24.3 Å². The zero-order valence-corrected chi connectivity index (χ0v) is 13.5. The van der Waals surface area contributed by atoms with Crippen LogP contribution >= 0.6 is 0 Å². The van der Waals surface area contributed by atoms with Crippen molar-refractivity contribution in [3.63, 3.8) is 0 Å². The van der Waals surface area contributed by atoms with Crippen LogP contribution in [0.4, 0.5) is 0 Å². The molecule has 21 heavy (non-hydrogen) atoms. The van der Waals surface area contributed by atoms with E-state index in [2.05, 4.69) is 38.2 Å². The molecule has 0 fully saturated rings. The highest BCUT2D eigenvalue weighted by atomic mass is 16.4. The van der Waals surface area contributed by atoms with E-state index in [-0.39, 0.29) is 6.04 Å². The van der Waals surface area contributed by atoms with Gasteiger partial charge in [0.25, 0.3) is 0 Å². The van der Waals surface area contributed by atoms with Crippen LogP contribution in [-0.4, -0.2) is 17.1 Å². The normalized spacial score (nSPS) is 14.1. The molecule has 118 valence electrons. The number of carboxylic acids is 1. The summed E-state index contributed by atoms with van der Waals surface area (Å²) >= 11 is 0. The first-order valence-electron chi connectivity index (χ1n) is 8.08. The molecule has 0 aliphatic heterocycles. The first kappa shape index (κ1) is 17.7. The average molecular weight is 291 g/mol. The van der Waals surface area contributed by atoms with Crippen LogP contribution in [0.5, 0.6) is 0 Å². The summed E-state index contributed by atoms with van der Waals surface area (Å²) in [5.41, 5.74) is 1.18. The summed E-state index contributed by atoms with van der Waals surface area (Å²) < 4.78 is 0. The number of nitrogens with one attached hydrogen (secondary N) is 1. The van der Waals surface area contributed by atoms with Gasteiger partial charge in [-0.2, -0.15) is 0 Å². The third-order valence-corrected chi connectivity index (χ3v) is 3.71. The average Bonchev–Trinajstić information content (AvgIpc) is 2.45. The van der Waals surface area contributed by atoms with Gasteiger partial charge in [-0.25, -0.2) is 0 Å². The van der Waals surface area contributed by atoms with Gasteiger partial charge >= 0.3 is 5.97 Å². The molecule has 1 aromatic carbocycles. The fraction of sp³-hybridized carbons (Fsp3) is 0.611. The fourth-order valence-electron chi connectivity index (χ4n) is 2.58. The largest absolute Gasteiger partial charge is 0.480 e. The van der Waals surface area contributed by atoms with Crippen molar-refractivity contribution in [3.05, 3.63) is 35.9 Å². The van der Waals surface area contributed by atoms with E-state index in [1.807, 2.05) is 18.2 Å². The Morgan fingerprint density at radius 2 is 1.86 bits per heavy atom. The number of hydrogen-bond acceptors (Lipinski definition) is 2. The Morgan fingerprint density at radius 1 is 1.19 bits per heavy atom. The van der Waals surface area contributed by atoms with Crippen molar-refractivity contribution in [1.29, 1.82) is 0 Å². The fourth-order valence-corrected chi connectivity index (χ4v) is 2.58. The number of aliphatic carboxylic acids is 1. The van der Waals surface area contributed by atoms with Gasteiger partial charge in [0, 0.05) is 6.04 Å². The Balaban J connectivity index is 2.77. The molecule has 1 rings (SSSR count). The van der Waals surface area contributed by atoms with E-state index < -0.39 is 12.0 Å². The molecular formula is C18H29NO2. The van der Waals surface area contributed by atoms with Crippen molar-refractivity contribution in [2.75, 3.05) is 0 Å². The monoisotopic (exact) mass is 291 g/mol. The van der Waals surface area contributed by atoms with E-state index in [1.165, 1.54) is 18.4 Å². The second-order valence-electron chi connectivity index (χ2n) is 6.15. The van der Waals surface area contributed by atoms with E-state index in [0.29, 0.717) is 12.3 Å². The molecule has 3 heteroatoms. The lowest BCUT2D eigenvalue weighted by Gasteiger charge is -2.25. The molecule has 0 bridgehead atoms. The van der Waals surface area contributed by atoms with E-state index >= 15 is 0 Å². The van der Waals surface area contributed by atoms with Crippen molar-refractivity contribution in [1.82, 2.24) is 5.32 Å². The molecule has 2 atom stereocenters. The molecule has 1 aromatic rings. The Kier molecular flexibility index (Phi) is 8.06. The van der Waals surface area contributed by atoms with Gasteiger partial charge in [0.1, 0.15) is 6.04 Å². The predicted octanol–water partition coefficient (Wildman–Crippen LogP) is 4.40. The molecule has 0 aromatic heterocycles. The SMILES string of the molecule is CCCCCC(NC(CC(C)C)C(=O)O)c1ccccc1. The maximum absolute atomic E-state index is 11.5. The second-order valence-corrected chi connectivity index (χ2v) is 6.15. The van der Waals surface area contributed by atoms with Gasteiger partial charge in [0.05, 0.1) is 0 Å². The highest BCUT2D eigenvalue weighted by Crippen LogP contribution is 2.21. The van der Waals surface area contributed by atoms with E-state index in [1.54, 1.807) is 0 Å². The molecule has 0 saturated heterocycles. The minimum absolute atomic E-state index is 0.123. The molecule has 3 nitrogen and oxygen atoms in total. The van der Waals surface area contributed by atoms with Crippen LogP contribution in [0.3, 0.4) is 0 Å². The lowest BCUT2D eigenvalue weighted by molar-refractivity contribution is -0.140. The Hall–Kier alpha value is -1.35. The van der Waals surface area contributed by atoms with Crippen molar-refractivity contribution in [2.24, 2.45) is 5.92 Å². The maximum atomic E-state index is 11.5. The van der Waals surface area contributed by atoms with Gasteiger partial charge in [0.2, 0.25) is 0 Å². The molecule has 0 spiro atoms. The van der Waals surface area contributed by atoms with Gasteiger partial charge in [-0.3, -0.25) is 10.1 Å². The highest BCUT2D eigenvalue weighted by molar-refractivity contribution is 5.73. The lowest BCUT2D eigenvalue weighted by atomic mass is 9.97. The van der Waals surface area contributed by atoms with E-state index in [0.717, 1.165) is 12.8 Å². The molecule has 0 saturated carbocycles. The van der Waals surface area contributed by atoms with Gasteiger partial charge in [0.15, 0.2) is 0 Å². The predicted molar refractivity (Wildman–Crippen MR) is 87.3 cm³/mol. The second kappa shape index (κ2) is 9.56. The lowest BCUT2D eigenvalue weighted by Crippen LogP contribution is -2.40. The van der Waals surface area contributed by atoms with Crippen LogP contribution in [0.1, 0.15) is 64.5 Å². The highest BCUT2D eigenvalue weighted by Gasteiger charge is 2.23. The van der Waals surface area contributed by atoms with Crippen LogP contribution < -0.4 is 5.32 Å². The molecule has 2 N–H and O–H groups in total. The van der Waals surface area contributed by atoms with Crippen LogP contribution in [0.25, 0.3) is 0 Å². The van der Waals surface area contributed by atoms with Crippen molar-refractivity contribution in [3.8, 4) is 0 Å². The minimum atomic E-state index is -0.750. The summed E-state index contributed by atoms with van der Waals surface area (Å²) in [5, 5.41) is 12.8. The molecule has 0 heterocycles. The number of benzene rings is 1. The number of unbranched alkanes of at least 4 members (excludes halogenated alkanes) is 2.